The molecule has 0 radical (unpaired) electrons. The van der Waals surface area contributed by atoms with E-state index in [0.717, 1.165) is 22.8 Å². The van der Waals surface area contributed by atoms with Crippen LogP contribution in [0.5, 0.6) is 0 Å². The van der Waals surface area contributed by atoms with Gasteiger partial charge in [-0.1, -0.05) is 12.1 Å². The molecule has 0 saturated heterocycles. The van der Waals surface area contributed by atoms with Crippen molar-refractivity contribution in [3.63, 3.8) is 0 Å². The highest BCUT2D eigenvalue weighted by molar-refractivity contribution is 5.92. The van der Waals surface area contributed by atoms with Gasteiger partial charge < -0.3 is 15.2 Å². The topological polar surface area (TPSA) is 89.7 Å². The molecule has 7 nitrogen and oxygen atoms in total. The van der Waals surface area contributed by atoms with Crippen LogP contribution in [0.3, 0.4) is 0 Å². The Morgan fingerprint density at radius 3 is 2.87 bits per heavy atom. The van der Waals surface area contributed by atoms with Gasteiger partial charge in [0, 0.05) is 31.0 Å². The van der Waals surface area contributed by atoms with Crippen LogP contribution in [0.15, 0.2) is 42.7 Å². The highest BCUT2D eigenvalue weighted by Gasteiger charge is 2.10. The lowest BCUT2D eigenvalue weighted by Crippen LogP contribution is -2.22. The van der Waals surface area contributed by atoms with Crippen molar-refractivity contribution < 1.29 is 4.79 Å². The number of rotatable bonds is 5. The molecule has 2 aromatic heterocycles. The minimum atomic E-state index is -0.0384. The molecule has 0 atom stereocenters. The summed E-state index contributed by atoms with van der Waals surface area (Å²) in [5.41, 5.74) is 3.46. The molecule has 23 heavy (non-hydrogen) atoms. The number of carbonyl (C=O) groups excluding carboxylic acids is 1. The van der Waals surface area contributed by atoms with Crippen molar-refractivity contribution >= 4 is 11.6 Å². The van der Waals surface area contributed by atoms with Crippen molar-refractivity contribution in [2.45, 2.75) is 6.54 Å². The van der Waals surface area contributed by atoms with Gasteiger partial charge in [-0.3, -0.25) is 9.89 Å². The number of hydrogen-bond donors (Lipinski definition) is 3. The molecule has 3 N–H and O–H groups in total. The first kappa shape index (κ1) is 14.8. The molecule has 3 aromatic rings. The summed E-state index contributed by atoms with van der Waals surface area (Å²) in [7, 11) is 3.46. The fraction of sp³-hybridized carbons (Fsp3) is 0.188. The van der Waals surface area contributed by atoms with Crippen LogP contribution >= 0.6 is 0 Å². The number of anilines is 1. The molecule has 118 valence electrons. The van der Waals surface area contributed by atoms with E-state index in [9.17, 15) is 4.79 Å². The van der Waals surface area contributed by atoms with Gasteiger partial charge in [0.05, 0.1) is 6.54 Å². The third kappa shape index (κ3) is 3.39. The van der Waals surface area contributed by atoms with Crippen LogP contribution in [-0.2, 0) is 6.54 Å². The van der Waals surface area contributed by atoms with Gasteiger partial charge in [0.2, 0.25) is 0 Å². The van der Waals surface area contributed by atoms with Crippen LogP contribution in [0.1, 0.15) is 16.2 Å². The number of benzene rings is 1. The van der Waals surface area contributed by atoms with Gasteiger partial charge in [-0.2, -0.15) is 5.10 Å². The molecule has 0 aliphatic rings. The van der Waals surface area contributed by atoms with Gasteiger partial charge in [-0.15, -0.1) is 0 Å². The predicted molar refractivity (Wildman–Crippen MR) is 88.0 cm³/mol. The zero-order chi connectivity index (χ0) is 16.2. The Morgan fingerprint density at radius 2 is 2.13 bits per heavy atom. The first-order valence-corrected chi connectivity index (χ1v) is 7.22. The summed E-state index contributed by atoms with van der Waals surface area (Å²) in [5.74, 6) is 0.691. The van der Waals surface area contributed by atoms with Crippen LogP contribution in [0, 0.1) is 0 Å². The number of amides is 1. The van der Waals surface area contributed by atoms with Crippen molar-refractivity contribution in [2.24, 2.45) is 0 Å². The summed E-state index contributed by atoms with van der Waals surface area (Å²) < 4.78 is 0. The van der Waals surface area contributed by atoms with Gasteiger partial charge >= 0.3 is 0 Å². The van der Waals surface area contributed by atoms with Gasteiger partial charge in [0.1, 0.15) is 12.0 Å². The largest absolute Gasteiger partial charge is 0.379 e. The van der Waals surface area contributed by atoms with E-state index in [-0.39, 0.29) is 5.91 Å². The second-order valence-electron chi connectivity index (χ2n) is 5.37. The van der Waals surface area contributed by atoms with Crippen molar-refractivity contribution in [1.82, 2.24) is 25.1 Å². The first-order valence-electron chi connectivity index (χ1n) is 7.22. The molecule has 2 heterocycles. The maximum atomic E-state index is 11.9. The van der Waals surface area contributed by atoms with Crippen LogP contribution < -0.4 is 5.32 Å². The third-order valence-electron chi connectivity index (χ3n) is 3.42. The number of aromatic nitrogens is 4. The van der Waals surface area contributed by atoms with E-state index in [4.69, 9.17) is 0 Å². The summed E-state index contributed by atoms with van der Waals surface area (Å²) in [6, 6.07) is 11.6. The fourth-order valence-electron chi connectivity index (χ4n) is 2.23. The molecule has 0 aliphatic carbocycles. The maximum Gasteiger partial charge on any atom is 0.269 e. The van der Waals surface area contributed by atoms with Gasteiger partial charge in [0.25, 0.3) is 5.91 Å². The van der Waals surface area contributed by atoms with E-state index >= 15 is 0 Å². The van der Waals surface area contributed by atoms with E-state index in [1.807, 2.05) is 30.3 Å². The number of nitrogens with one attached hydrogen (secondary N) is 3. The smallest absolute Gasteiger partial charge is 0.269 e. The molecule has 0 bridgehead atoms. The molecule has 0 spiro atoms. The number of nitrogens with zero attached hydrogens (tertiary/aromatic N) is 3. The standard InChI is InChI=1S/C16H18N6O/c1-22(2)16(23)14-7-6-13(20-14)9-17-12-5-3-4-11(8-12)15-18-10-19-21-15/h3-8,10,17,20H,9H2,1-2H3,(H,18,19,21). The Balaban J connectivity index is 1.67. The van der Waals surface area contributed by atoms with E-state index in [0.29, 0.717) is 12.2 Å². The molecule has 3 rings (SSSR count). The average Bonchev–Trinajstić information content (AvgIpc) is 3.24. The Bertz CT molecular complexity index is 791. The second-order valence-corrected chi connectivity index (χ2v) is 5.37. The number of hydrogen-bond acceptors (Lipinski definition) is 4. The maximum absolute atomic E-state index is 11.9. The van der Waals surface area contributed by atoms with Crippen molar-refractivity contribution in [2.75, 3.05) is 19.4 Å². The highest BCUT2D eigenvalue weighted by Crippen LogP contribution is 2.19. The van der Waals surface area contributed by atoms with E-state index in [2.05, 4.69) is 25.5 Å². The minimum absolute atomic E-state index is 0.0384. The van der Waals surface area contributed by atoms with Crippen LogP contribution in [0.2, 0.25) is 0 Å². The quantitative estimate of drug-likeness (QED) is 0.673. The van der Waals surface area contributed by atoms with Crippen LogP contribution in [-0.4, -0.2) is 45.1 Å². The minimum Gasteiger partial charge on any atom is -0.379 e. The third-order valence-corrected chi connectivity index (χ3v) is 3.42. The van der Waals surface area contributed by atoms with Gasteiger partial charge in [-0.25, -0.2) is 4.98 Å². The number of H-pyrrole nitrogens is 2. The summed E-state index contributed by atoms with van der Waals surface area (Å²) >= 11 is 0. The fourth-order valence-corrected chi connectivity index (χ4v) is 2.23. The normalized spacial score (nSPS) is 10.5. The van der Waals surface area contributed by atoms with Crippen molar-refractivity contribution in [1.29, 1.82) is 0 Å². The Hall–Kier alpha value is -3.09. The summed E-state index contributed by atoms with van der Waals surface area (Å²) in [5, 5.41) is 10.0. The van der Waals surface area contributed by atoms with Crippen molar-refractivity contribution in [3.8, 4) is 11.4 Å². The summed E-state index contributed by atoms with van der Waals surface area (Å²) in [6.07, 6.45) is 1.48. The average molecular weight is 310 g/mol. The molecule has 0 aliphatic heterocycles. The molecular formula is C16H18N6O. The molecule has 7 heteroatoms. The Labute approximate surface area is 133 Å². The number of carbonyl (C=O) groups is 1. The lowest BCUT2D eigenvalue weighted by Gasteiger charge is -2.08. The Kier molecular flexibility index (Phi) is 4.09. The monoisotopic (exact) mass is 310 g/mol. The SMILES string of the molecule is CN(C)C(=O)c1ccc(CNc2cccc(-c3ncn[nH]3)c2)[nH]1. The highest BCUT2D eigenvalue weighted by atomic mass is 16.2. The lowest BCUT2D eigenvalue weighted by atomic mass is 10.2. The first-order chi connectivity index (χ1) is 11.1. The van der Waals surface area contributed by atoms with Crippen LogP contribution in [0.25, 0.3) is 11.4 Å². The molecule has 0 unspecified atom stereocenters. The molecule has 0 saturated carbocycles. The molecule has 1 aromatic carbocycles. The van der Waals surface area contributed by atoms with E-state index in [1.54, 1.807) is 25.1 Å². The predicted octanol–water partition coefficient (Wildman–Crippen LogP) is 2.11. The number of aromatic amines is 2. The summed E-state index contributed by atoms with van der Waals surface area (Å²) in [6.45, 7) is 0.598. The van der Waals surface area contributed by atoms with E-state index < -0.39 is 0 Å². The lowest BCUT2D eigenvalue weighted by molar-refractivity contribution is 0.0822. The zero-order valence-corrected chi connectivity index (χ0v) is 13.0. The van der Waals surface area contributed by atoms with Gasteiger partial charge in [0.15, 0.2) is 5.82 Å². The zero-order valence-electron chi connectivity index (χ0n) is 13.0. The molecule has 1 amide bonds. The second kappa shape index (κ2) is 6.35. The van der Waals surface area contributed by atoms with Crippen LogP contribution in [0.4, 0.5) is 5.69 Å². The van der Waals surface area contributed by atoms with Gasteiger partial charge in [-0.05, 0) is 24.3 Å². The Morgan fingerprint density at radius 1 is 1.26 bits per heavy atom. The van der Waals surface area contributed by atoms with Crippen molar-refractivity contribution in [3.05, 3.63) is 54.1 Å². The summed E-state index contributed by atoms with van der Waals surface area (Å²) in [4.78, 5) is 20.7. The molecule has 0 fully saturated rings. The van der Waals surface area contributed by atoms with E-state index in [1.165, 1.54) is 6.33 Å². The molecular weight excluding hydrogens is 292 g/mol.